The number of hydrogen-bond donors (Lipinski definition) is 0. The van der Waals surface area contributed by atoms with Crippen LogP contribution >= 0.6 is 15.9 Å². The molecule has 1 heterocycles. The molecule has 0 bridgehead atoms. The summed E-state index contributed by atoms with van der Waals surface area (Å²) in [7, 11) is 1.67. The highest BCUT2D eigenvalue weighted by Gasteiger charge is 2.15. The van der Waals surface area contributed by atoms with Gasteiger partial charge in [-0.05, 0) is 31.0 Å². The van der Waals surface area contributed by atoms with Crippen LogP contribution in [0.15, 0.2) is 22.7 Å². The van der Waals surface area contributed by atoms with Crippen LogP contribution in [0.5, 0.6) is 5.75 Å². The molecule has 2 rings (SSSR count). The average molecular weight is 301 g/mol. The molecule has 0 radical (unpaired) electrons. The molecule has 1 aliphatic rings. The number of ether oxygens (including phenoxy) is 3. The molecule has 3 nitrogen and oxygen atoms in total. The Hall–Kier alpha value is -0.580. The first kappa shape index (κ1) is 12.9. The Bertz CT molecular complexity index is 362. The summed E-state index contributed by atoms with van der Waals surface area (Å²) < 4.78 is 17.5. The first-order valence-corrected chi connectivity index (χ1v) is 6.60. The van der Waals surface area contributed by atoms with Crippen molar-refractivity contribution in [3.8, 4) is 5.75 Å². The van der Waals surface area contributed by atoms with E-state index in [1.807, 2.05) is 18.2 Å². The van der Waals surface area contributed by atoms with E-state index in [1.54, 1.807) is 7.11 Å². The van der Waals surface area contributed by atoms with Gasteiger partial charge in [-0.2, -0.15) is 0 Å². The highest BCUT2D eigenvalue weighted by molar-refractivity contribution is 9.10. The van der Waals surface area contributed by atoms with Crippen LogP contribution < -0.4 is 4.74 Å². The summed E-state index contributed by atoms with van der Waals surface area (Å²) in [6.45, 7) is 2.09. The van der Waals surface area contributed by atoms with Gasteiger partial charge in [-0.25, -0.2) is 0 Å². The van der Waals surface area contributed by atoms with Gasteiger partial charge in [-0.3, -0.25) is 0 Å². The Morgan fingerprint density at radius 2 is 2.35 bits per heavy atom. The van der Waals surface area contributed by atoms with E-state index in [1.165, 1.54) is 0 Å². The maximum absolute atomic E-state index is 5.68. The van der Waals surface area contributed by atoms with Crippen LogP contribution in [0.2, 0.25) is 0 Å². The van der Waals surface area contributed by atoms with E-state index in [0.29, 0.717) is 13.2 Å². The van der Waals surface area contributed by atoms with Gasteiger partial charge in [0.05, 0.1) is 26.4 Å². The highest BCUT2D eigenvalue weighted by atomic mass is 79.9. The zero-order valence-electron chi connectivity index (χ0n) is 9.95. The van der Waals surface area contributed by atoms with Crippen LogP contribution in [0.1, 0.15) is 18.4 Å². The fraction of sp³-hybridized carbons (Fsp3) is 0.538. The van der Waals surface area contributed by atoms with E-state index in [9.17, 15) is 0 Å². The van der Waals surface area contributed by atoms with E-state index in [0.717, 1.165) is 35.2 Å². The Kier molecular flexibility index (Phi) is 4.83. The molecule has 0 saturated carbocycles. The lowest BCUT2D eigenvalue weighted by atomic mass is 10.2. The van der Waals surface area contributed by atoms with Gasteiger partial charge in [0, 0.05) is 16.6 Å². The Balaban J connectivity index is 1.86. The molecule has 94 valence electrons. The van der Waals surface area contributed by atoms with Gasteiger partial charge in [0.1, 0.15) is 5.75 Å². The quantitative estimate of drug-likeness (QED) is 0.836. The van der Waals surface area contributed by atoms with Crippen molar-refractivity contribution in [1.82, 2.24) is 0 Å². The van der Waals surface area contributed by atoms with Crippen molar-refractivity contribution in [3.63, 3.8) is 0 Å². The molecule has 0 aliphatic carbocycles. The molecule has 17 heavy (non-hydrogen) atoms. The SMILES string of the molecule is COc1ccc(Br)cc1COCC1CCCO1. The second-order valence-corrected chi connectivity index (χ2v) is 5.02. The minimum atomic E-state index is 0.271. The van der Waals surface area contributed by atoms with Crippen LogP contribution in [0, 0.1) is 0 Å². The molecule has 1 unspecified atom stereocenters. The van der Waals surface area contributed by atoms with E-state index in [2.05, 4.69) is 15.9 Å². The normalized spacial score (nSPS) is 19.5. The van der Waals surface area contributed by atoms with E-state index in [-0.39, 0.29) is 6.10 Å². The first-order valence-electron chi connectivity index (χ1n) is 5.81. The van der Waals surface area contributed by atoms with Crippen molar-refractivity contribution in [2.24, 2.45) is 0 Å². The molecule has 1 atom stereocenters. The molecule has 0 amide bonds. The summed E-state index contributed by atoms with van der Waals surface area (Å²) >= 11 is 3.45. The van der Waals surface area contributed by atoms with Crippen molar-refractivity contribution in [3.05, 3.63) is 28.2 Å². The van der Waals surface area contributed by atoms with Crippen molar-refractivity contribution in [1.29, 1.82) is 0 Å². The van der Waals surface area contributed by atoms with Gasteiger partial charge in [0.2, 0.25) is 0 Å². The van der Waals surface area contributed by atoms with Crippen LogP contribution in [-0.4, -0.2) is 26.4 Å². The lowest BCUT2D eigenvalue weighted by Crippen LogP contribution is -2.14. The second kappa shape index (κ2) is 6.38. The first-order chi connectivity index (χ1) is 8.29. The lowest BCUT2D eigenvalue weighted by Gasteiger charge is -2.12. The molecule has 1 aromatic carbocycles. The van der Waals surface area contributed by atoms with Gasteiger partial charge in [0.25, 0.3) is 0 Å². The smallest absolute Gasteiger partial charge is 0.124 e. The summed E-state index contributed by atoms with van der Waals surface area (Å²) in [6.07, 6.45) is 2.53. The van der Waals surface area contributed by atoms with Crippen LogP contribution in [0.25, 0.3) is 0 Å². The van der Waals surface area contributed by atoms with Gasteiger partial charge in [0.15, 0.2) is 0 Å². The summed E-state index contributed by atoms with van der Waals surface area (Å²) in [6, 6.07) is 5.92. The number of halogens is 1. The van der Waals surface area contributed by atoms with Crippen molar-refractivity contribution in [2.75, 3.05) is 20.3 Å². The van der Waals surface area contributed by atoms with Crippen molar-refractivity contribution >= 4 is 15.9 Å². The third-order valence-corrected chi connectivity index (χ3v) is 3.32. The third kappa shape index (κ3) is 3.69. The predicted octanol–water partition coefficient (Wildman–Crippen LogP) is 3.15. The fourth-order valence-corrected chi connectivity index (χ4v) is 2.34. The molecule has 1 aromatic rings. The van der Waals surface area contributed by atoms with Gasteiger partial charge in [-0.15, -0.1) is 0 Å². The van der Waals surface area contributed by atoms with Crippen LogP contribution in [-0.2, 0) is 16.1 Å². The Labute approximate surface area is 110 Å². The summed E-state index contributed by atoms with van der Waals surface area (Å²) in [5.74, 6) is 0.862. The van der Waals surface area contributed by atoms with Crippen molar-refractivity contribution in [2.45, 2.75) is 25.6 Å². The van der Waals surface area contributed by atoms with Crippen molar-refractivity contribution < 1.29 is 14.2 Å². The molecule has 0 aromatic heterocycles. The van der Waals surface area contributed by atoms with E-state index >= 15 is 0 Å². The maximum Gasteiger partial charge on any atom is 0.124 e. The molecule has 0 N–H and O–H groups in total. The lowest BCUT2D eigenvalue weighted by molar-refractivity contribution is 0.0101. The average Bonchev–Trinajstić information content (AvgIpc) is 2.82. The summed E-state index contributed by atoms with van der Waals surface area (Å²) in [5.41, 5.74) is 1.06. The second-order valence-electron chi connectivity index (χ2n) is 4.11. The Morgan fingerprint density at radius 3 is 3.06 bits per heavy atom. The maximum atomic E-state index is 5.68. The Morgan fingerprint density at radius 1 is 1.47 bits per heavy atom. The largest absolute Gasteiger partial charge is 0.496 e. The molecule has 1 aliphatic heterocycles. The van der Waals surface area contributed by atoms with E-state index in [4.69, 9.17) is 14.2 Å². The minimum absolute atomic E-state index is 0.271. The van der Waals surface area contributed by atoms with E-state index < -0.39 is 0 Å². The number of hydrogen-bond acceptors (Lipinski definition) is 3. The fourth-order valence-electron chi connectivity index (χ4n) is 1.94. The molecule has 4 heteroatoms. The molecule has 1 fully saturated rings. The number of methoxy groups -OCH3 is 1. The molecular weight excluding hydrogens is 284 g/mol. The van der Waals surface area contributed by atoms with Gasteiger partial charge >= 0.3 is 0 Å². The van der Waals surface area contributed by atoms with Gasteiger partial charge in [-0.1, -0.05) is 15.9 Å². The third-order valence-electron chi connectivity index (χ3n) is 2.83. The molecule has 1 saturated heterocycles. The summed E-state index contributed by atoms with van der Waals surface area (Å²) in [4.78, 5) is 0. The highest BCUT2D eigenvalue weighted by Crippen LogP contribution is 2.24. The topological polar surface area (TPSA) is 27.7 Å². The van der Waals surface area contributed by atoms with Gasteiger partial charge < -0.3 is 14.2 Å². The molecular formula is C13H17BrO3. The predicted molar refractivity (Wildman–Crippen MR) is 69.3 cm³/mol. The van der Waals surface area contributed by atoms with Crippen LogP contribution in [0.4, 0.5) is 0 Å². The monoisotopic (exact) mass is 300 g/mol. The number of benzene rings is 1. The minimum Gasteiger partial charge on any atom is -0.496 e. The zero-order valence-corrected chi connectivity index (χ0v) is 11.5. The zero-order chi connectivity index (χ0) is 12.1. The number of rotatable bonds is 5. The molecule has 0 spiro atoms. The van der Waals surface area contributed by atoms with Crippen LogP contribution in [0.3, 0.4) is 0 Å². The summed E-state index contributed by atoms with van der Waals surface area (Å²) in [5, 5.41) is 0. The standard InChI is InChI=1S/C13H17BrO3/c1-15-13-5-4-11(14)7-10(13)8-16-9-12-3-2-6-17-12/h4-5,7,12H,2-3,6,8-9H2,1H3.